The van der Waals surface area contributed by atoms with Gasteiger partial charge in [0.1, 0.15) is 0 Å². The number of hydrogen-bond donors (Lipinski definition) is 2. The smallest absolute Gasteiger partial charge is 0.0995 e. The lowest BCUT2D eigenvalue weighted by molar-refractivity contribution is 0.599. The molecule has 0 spiro atoms. The normalized spacial score (nSPS) is 14.9. The summed E-state index contributed by atoms with van der Waals surface area (Å²) in [5.74, 6) is 3.08. The molecule has 1 aliphatic rings. The van der Waals surface area contributed by atoms with Gasteiger partial charge in [-0.25, -0.2) is 0 Å². The number of nitrogens with one attached hydrogen (secondary N) is 2. The highest BCUT2D eigenvalue weighted by Crippen LogP contribution is 2.16. The molecule has 0 saturated carbocycles. The SMILES string of the molecule is CC(C)CNC(=C=N)C1=CC=CCC1. The van der Waals surface area contributed by atoms with E-state index in [0.717, 1.165) is 25.1 Å². The molecule has 0 aromatic carbocycles. The maximum atomic E-state index is 7.23. The molecule has 0 unspecified atom stereocenters. The molecule has 0 heterocycles. The predicted molar refractivity (Wildman–Crippen MR) is 60.5 cm³/mol. The van der Waals surface area contributed by atoms with Crippen LogP contribution < -0.4 is 5.32 Å². The largest absolute Gasteiger partial charge is 0.377 e. The highest BCUT2D eigenvalue weighted by Gasteiger charge is 2.06. The zero-order valence-electron chi connectivity index (χ0n) is 8.93. The Morgan fingerprint density at radius 3 is 2.93 bits per heavy atom. The second-order valence-corrected chi connectivity index (χ2v) is 3.93. The Morgan fingerprint density at radius 1 is 1.64 bits per heavy atom. The molecule has 1 aliphatic carbocycles. The quantitative estimate of drug-likeness (QED) is 0.657. The maximum absolute atomic E-state index is 7.23. The average molecular weight is 190 g/mol. The summed E-state index contributed by atoms with van der Waals surface area (Å²) < 4.78 is 0. The second kappa shape index (κ2) is 5.46. The Labute approximate surface area is 85.9 Å². The molecule has 0 aliphatic heterocycles. The summed E-state index contributed by atoms with van der Waals surface area (Å²) in [5.41, 5.74) is 2.05. The topological polar surface area (TPSA) is 35.9 Å². The van der Waals surface area contributed by atoms with Gasteiger partial charge in [0.2, 0.25) is 0 Å². The highest BCUT2D eigenvalue weighted by atomic mass is 14.9. The van der Waals surface area contributed by atoms with Crippen LogP contribution in [-0.2, 0) is 0 Å². The minimum Gasteiger partial charge on any atom is -0.377 e. The predicted octanol–water partition coefficient (Wildman–Crippen LogP) is 2.64. The van der Waals surface area contributed by atoms with Gasteiger partial charge in [0, 0.05) is 12.4 Å². The van der Waals surface area contributed by atoms with Crippen LogP contribution in [0.25, 0.3) is 0 Å². The standard InChI is InChI=1S/C12H18N2/c1-10(2)9-14-12(8-13)11-6-4-3-5-7-11/h3-4,6,10,13-14H,5,7,9H2,1-2H3. The van der Waals surface area contributed by atoms with Crippen molar-refractivity contribution >= 4 is 5.87 Å². The molecule has 0 bridgehead atoms. The lowest BCUT2D eigenvalue weighted by atomic mass is 10.0. The van der Waals surface area contributed by atoms with Crippen molar-refractivity contribution in [2.75, 3.05) is 6.54 Å². The van der Waals surface area contributed by atoms with Gasteiger partial charge >= 0.3 is 0 Å². The van der Waals surface area contributed by atoms with E-state index in [9.17, 15) is 0 Å². The molecule has 0 fully saturated rings. The summed E-state index contributed by atoms with van der Waals surface area (Å²) in [6.45, 7) is 5.22. The first kappa shape index (κ1) is 10.8. The Morgan fingerprint density at radius 2 is 2.43 bits per heavy atom. The minimum atomic E-state index is 0.595. The minimum absolute atomic E-state index is 0.595. The van der Waals surface area contributed by atoms with Gasteiger partial charge in [-0.15, -0.1) is 0 Å². The van der Waals surface area contributed by atoms with E-state index in [2.05, 4.69) is 37.2 Å². The van der Waals surface area contributed by atoms with E-state index < -0.39 is 0 Å². The summed E-state index contributed by atoms with van der Waals surface area (Å²) in [4.78, 5) is 0. The molecule has 0 radical (unpaired) electrons. The Hall–Kier alpha value is -1.27. The van der Waals surface area contributed by atoms with Crippen LogP contribution in [0.2, 0.25) is 0 Å². The van der Waals surface area contributed by atoms with Crippen molar-refractivity contribution in [2.24, 2.45) is 5.92 Å². The lowest BCUT2D eigenvalue weighted by Crippen LogP contribution is -2.21. The van der Waals surface area contributed by atoms with E-state index in [1.54, 1.807) is 0 Å². The number of hydrogen-bond acceptors (Lipinski definition) is 2. The van der Waals surface area contributed by atoms with E-state index >= 15 is 0 Å². The van der Waals surface area contributed by atoms with E-state index in [1.165, 1.54) is 5.57 Å². The Bertz CT molecular complexity index is 291. The summed E-state index contributed by atoms with van der Waals surface area (Å²) in [5, 5.41) is 10.5. The summed E-state index contributed by atoms with van der Waals surface area (Å²) >= 11 is 0. The van der Waals surface area contributed by atoms with Crippen LogP contribution in [0.4, 0.5) is 0 Å². The molecule has 2 heteroatoms. The van der Waals surface area contributed by atoms with Crippen molar-refractivity contribution in [3.63, 3.8) is 0 Å². The van der Waals surface area contributed by atoms with Gasteiger partial charge < -0.3 is 5.32 Å². The lowest BCUT2D eigenvalue weighted by Gasteiger charge is -2.14. The van der Waals surface area contributed by atoms with Gasteiger partial charge in [0.25, 0.3) is 0 Å². The van der Waals surface area contributed by atoms with Gasteiger partial charge in [-0.05, 0) is 24.3 Å². The monoisotopic (exact) mass is 190 g/mol. The molecule has 2 nitrogen and oxygen atoms in total. The fraction of sp³-hybridized carbons (Fsp3) is 0.500. The third-order valence-electron chi connectivity index (χ3n) is 2.15. The van der Waals surface area contributed by atoms with Crippen LogP contribution in [0.3, 0.4) is 0 Å². The van der Waals surface area contributed by atoms with E-state index in [1.807, 2.05) is 6.08 Å². The Balaban J connectivity index is 2.59. The average Bonchev–Trinajstić information content (AvgIpc) is 2.20. The first-order valence-corrected chi connectivity index (χ1v) is 5.13. The van der Waals surface area contributed by atoms with E-state index in [-0.39, 0.29) is 0 Å². The molecular weight excluding hydrogens is 172 g/mol. The van der Waals surface area contributed by atoms with Crippen LogP contribution in [0, 0.1) is 11.3 Å². The van der Waals surface area contributed by atoms with Crippen molar-refractivity contribution in [1.29, 1.82) is 5.41 Å². The summed E-state index contributed by atoms with van der Waals surface area (Å²) in [6, 6.07) is 0. The summed E-state index contributed by atoms with van der Waals surface area (Å²) in [6.07, 6.45) is 8.34. The van der Waals surface area contributed by atoms with Crippen LogP contribution >= 0.6 is 0 Å². The van der Waals surface area contributed by atoms with Crippen molar-refractivity contribution in [3.8, 4) is 0 Å². The van der Waals surface area contributed by atoms with Crippen molar-refractivity contribution < 1.29 is 0 Å². The highest BCUT2D eigenvalue weighted by molar-refractivity contribution is 5.62. The molecule has 0 saturated heterocycles. The molecule has 0 aromatic heterocycles. The van der Waals surface area contributed by atoms with Gasteiger partial charge in [0.05, 0.1) is 5.70 Å². The third-order valence-corrected chi connectivity index (χ3v) is 2.15. The molecule has 76 valence electrons. The number of allylic oxidation sites excluding steroid dienone is 4. The fourth-order valence-electron chi connectivity index (χ4n) is 1.36. The van der Waals surface area contributed by atoms with Crippen molar-refractivity contribution in [2.45, 2.75) is 26.7 Å². The molecular formula is C12H18N2. The van der Waals surface area contributed by atoms with Crippen LogP contribution in [0.15, 0.2) is 29.5 Å². The zero-order valence-corrected chi connectivity index (χ0v) is 8.93. The van der Waals surface area contributed by atoms with E-state index in [0.29, 0.717) is 5.92 Å². The third kappa shape index (κ3) is 3.23. The molecule has 0 atom stereocenters. The maximum Gasteiger partial charge on any atom is 0.0995 e. The Kier molecular flexibility index (Phi) is 4.21. The van der Waals surface area contributed by atoms with Crippen molar-refractivity contribution in [3.05, 3.63) is 29.5 Å². The van der Waals surface area contributed by atoms with Gasteiger partial charge in [-0.3, -0.25) is 5.41 Å². The van der Waals surface area contributed by atoms with Crippen LogP contribution in [0.1, 0.15) is 26.7 Å². The van der Waals surface area contributed by atoms with E-state index in [4.69, 9.17) is 5.41 Å². The zero-order chi connectivity index (χ0) is 10.4. The molecule has 1 rings (SSSR count). The first-order valence-electron chi connectivity index (χ1n) is 5.13. The fourth-order valence-corrected chi connectivity index (χ4v) is 1.36. The molecule has 14 heavy (non-hydrogen) atoms. The molecule has 0 aromatic rings. The second-order valence-electron chi connectivity index (χ2n) is 3.93. The van der Waals surface area contributed by atoms with Gasteiger partial charge in [0.15, 0.2) is 0 Å². The first-order chi connectivity index (χ1) is 6.74. The van der Waals surface area contributed by atoms with Crippen LogP contribution in [-0.4, -0.2) is 12.4 Å². The number of rotatable bonds is 4. The molecule has 0 amide bonds. The van der Waals surface area contributed by atoms with Crippen molar-refractivity contribution in [1.82, 2.24) is 5.32 Å². The van der Waals surface area contributed by atoms with Gasteiger partial charge in [-0.2, -0.15) is 0 Å². The van der Waals surface area contributed by atoms with Crippen LogP contribution in [0.5, 0.6) is 0 Å². The van der Waals surface area contributed by atoms with Gasteiger partial charge in [-0.1, -0.05) is 32.1 Å². The molecule has 2 N–H and O–H groups in total. The summed E-state index contributed by atoms with van der Waals surface area (Å²) in [7, 11) is 0.